The number of nitriles is 1. The molecule has 1 fully saturated rings. The van der Waals surface area contributed by atoms with Gasteiger partial charge in [-0.05, 0) is 0 Å². The van der Waals surface area contributed by atoms with Crippen LogP contribution in [0.4, 0.5) is 5.82 Å². The number of hydrogen-bond acceptors (Lipinski definition) is 7. The summed E-state index contributed by atoms with van der Waals surface area (Å²) in [6.07, 6.45) is 2.77. The van der Waals surface area contributed by atoms with Crippen molar-refractivity contribution in [1.82, 2.24) is 9.55 Å². The van der Waals surface area contributed by atoms with E-state index in [2.05, 4.69) is 4.98 Å². The minimum absolute atomic E-state index is 0.0580. The monoisotopic (exact) mass is 292 g/mol. The molecule has 0 radical (unpaired) electrons. The third-order valence-electron chi connectivity index (χ3n) is 3.21. The number of rotatable bonds is 4. The minimum Gasteiger partial charge on any atom is -0.394 e. The molecular formula is C13H16N4O4. The molecule has 8 heteroatoms. The van der Waals surface area contributed by atoms with Gasteiger partial charge in [0.05, 0.1) is 25.2 Å². The highest BCUT2D eigenvalue weighted by atomic mass is 16.5. The van der Waals surface area contributed by atoms with Crippen LogP contribution in [0.5, 0.6) is 0 Å². The van der Waals surface area contributed by atoms with Gasteiger partial charge in [0.1, 0.15) is 18.1 Å². The first kappa shape index (κ1) is 15.2. The van der Waals surface area contributed by atoms with E-state index in [0.29, 0.717) is 5.56 Å². The van der Waals surface area contributed by atoms with E-state index in [1.807, 2.05) is 6.07 Å². The molecule has 1 aromatic rings. The van der Waals surface area contributed by atoms with Gasteiger partial charge in [0.15, 0.2) is 0 Å². The Morgan fingerprint density at radius 2 is 2.43 bits per heavy atom. The molecule has 0 amide bonds. The van der Waals surface area contributed by atoms with Crippen LogP contribution in [0.25, 0.3) is 6.08 Å². The SMILES string of the molecule is N#CCC=Cc1cn([C@H]2C[C@H](O)[C@@H](CO)O2)c(=O)nc1N. The quantitative estimate of drug-likeness (QED) is 0.674. The largest absolute Gasteiger partial charge is 0.394 e. The molecule has 0 spiro atoms. The van der Waals surface area contributed by atoms with Crippen LogP contribution >= 0.6 is 0 Å². The van der Waals surface area contributed by atoms with E-state index in [4.69, 9.17) is 20.8 Å². The second kappa shape index (κ2) is 6.49. The predicted molar refractivity (Wildman–Crippen MR) is 73.8 cm³/mol. The Hall–Kier alpha value is -2.21. The van der Waals surface area contributed by atoms with Gasteiger partial charge in [-0.1, -0.05) is 12.2 Å². The molecule has 0 unspecified atom stereocenters. The van der Waals surface area contributed by atoms with E-state index in [1.54, 1.807) is 12.2 Å². The Kier molecular flexibility index (Phi) is 4.70. The van der Waals surface area contributed by atoms with Gasteiger partial charge >= 0.3 is 5.69 Å². The average Bonchev–Trinajstić information content (AvgIpc) is 2.82. The van der Waals surface area contributed by atoms with Crippen LogP contribution in [-0.2, 0) is 4.74 Å². The first-order chi connectivity index (χ1) is 10.1. The summed E-state index contributed by atoms with van der Waals surface area (Å²) in [5, 5.41) is 27.3. The molecule has 4 N–H and O–H groups in total. The maximum Gasteiger partial charge on any atom is 0.351 e. The van der Waals surface area contributed by atoms with Crippen LogP contribution in [0.15, 0.2) is 17.1 Å². The summed E-state index contributed by atoms with van der Waals surface area (Å²) in [6.45, 7) is -0.330. The maximum absolute atomic E-state index is 11.9. The van der Waals surface area contributed by atoms with Crippen LogP contribution in [0, 0.1) is 11.3 Å². The van der Waals surface area contributed by atoms with E-state index in [9.17, 15) is 9.90 Å². The van der Waals surface area contributed by atoms with Crippen molar-refractivity contribution in [2.24, 2.45) is 0 Å². The molecule has 8 nitrogen and oxygen atoms in total. The highest BCUT2D eigenvalue weighted by molar-refractivity contribution is 5.59. The number of aromatic nitrogens is 2. The number of allylic oxidation sites excluding steroid dienone is 1. The second-order valence-corrected chi connectivity index (χ2v) is 4.65. The number of ether oxygens (including phenoxy) is 1. The Bertz CT molecular complexity index is 634. The van der Waals surface area contributed by atoms with E-state index in [0.717, 1.165) is 0 Å². The molecule has 3 atom stereocenters. The van der Waals surface area contributed by atoms with Gasteiger partial charge in [0.2, 0.25) is 0 Å². The highest BCUT2D eigenvalue weighted by Crippen LogP contribution is 2.27. The third-order valence-corrected chi connectivity index (χ3v) is 3.21. The zero-order chi connectivity index (χ0) is 15.4. The first-order valence-electron chi connectivity index (χ1n) is 6.43. The smallest absolute Gasteiger partial charge is 0.351 e. The van der Waals surface area contributed by atoms with Gasteiger partial charge in [-0.25, -0.2) is 4.79 Å². The molecule has 0 saturated carbocycles. The lowest BCUT2D eigenvalue weighted by atomic mass is 10.2. The van der Waals surface area contributed by atoms with Crippen molar-refractivity contribution in [2.45, 2.75) is 31.3 Å². The molecule has 112 valence electrons. The van der Waals surface area contributed by atoms with Gasteiger partial charge in [0, 0.05) is 18.2 Å². The normalized spacial score (nSPS) is 25.3. The maximum atomic E-state index is 11.9. The number of nitrogen functional groups attached to an aromatic ring is 1. The van der Waals surface area contributed by atoms with Crippen molar-refractivity contribution in [1.29, 1.82) is 5.26 Å². The molecule has 21 heavy (non-hydrogen) atoms. The lowest BCUT2D eigenvalue weighted by molar-refractivity contribution is -0.0458. The van der Waals surface area contributed by atoms with Crippen molar-refractivity contribution in [3.05, 3.63) is 28.3 Å². The van der Waals surface area contributed by atoms with E-state index >= 15 is 0 Å². The summed E-state index contributed by atoms with van der Waals surface area (Å²) >= 11 is 0. The van der Waals surface area contributed by atoms with Gasteiger partial charge in [0.25, 0.3) is 0 Å². The van der Waals surface area contributed by atoms with Crippen LogP contribution < -0.4 is 11.4 Å². The van der Waals surface area contributed by atoms with E-state index < -0.39 is 24.1 Å². The summed E-state index contributed by atoms with van der Waals surface area (Å²) in [5.74, 6) is 0.0580. The minimum atomic E-state index is -0.845. The molecule has 1 aliphatic rings. The summed E-state index contributed by atoms with van der Waals surface area (Å²) in [7, 11) is 0. The van der Waals surface area contributed by atoms with Crippen molar-refractivity contribution in [3.8, 4) is 6.07 Å². The van der Waals surface area contributed by atoms with Gasteiger partial charge in [-0.15, -0.1) is 0 Å². The fourth-order valence-electron chi connectivity index (χ4n) is 2.12. The van der Waals surface area contributed by atoms with Gasteiger partial charge in [-0.3, -0.25) is 4.57 Å². The summed E-state index contributed by atoms with van der Waals surface area (Å²) in [5.41, 5.74) is 5.55. The summed E-state index contributed by atoms with van der Waals surface area (Å²) in [6, 6.07) is 1.96. The Labute approximate surface area is 120 Å². The molecule has 1 aromatic heterocycles. The molecule has 0 aliphatic carbocycles. The second-order valence-electron chi connectivity index (χ2n) is 4.65. The number of aliphatic hydroxyl groups is 2. The Balaban J connectivity index is 2.30. The third kappa shape index (κ3) is 3.28. The fraction of sp³-hybridized carbons (Fsp3) is 0.462. The van der Waals surface area contributed by atoms with E-state index in [-0.39, 0.29) is 25.3 Å². The molecule has 2 rings (SSSR count). The molecule has 2 heterocycles. The van der Waals surface area contributed by atoms with Crippen LogP contribution in [-0.4, -0.2) is 38.6 Å². The van der Waals surface area contributed by atoms with E-state index in [1.165, 1.54) is 10.8 Å². The van der Waals surface area contributed by atoms with Crippen LogP contribution in [0.1, 0.15) is 24.6 Å². The zero-order valence-corrected chi connectivity index (χ0v) is 11.2. The lowest BCUT2D eigenvalue weighted by Gasteiger charge is -2.15. The summed E-state index contributed by atoms with van der Waals surface area (Å²) < 4.78 is 6.64. The fourth-order valence-corrected chi connectivity index (χ4v) is 2.12. The molecular weight excluding hydrogens is 276 g/mol. The molecule has 1 saturated heterocycles. The highest BCUT2D eigenvalue weighted by Gasteiger charge is 2.35. The Morgan fingerprint density at radius 1 is 1.67 bits per heavy atom. The molecule has 1 aliphatic heterocycles. The summed E-state index contributed by atoms with van der Waals surface area (Å²) in [4.78, 5) is 15.6. The van der Waals surface area contributed by atoms with Crippen LogP contribution in [0.2, 0.25) is 0 Å². The number of anilines is 1. The first-order valence-corrected chi connectivity index (χ1v) is 6.43. The van der Waals surface area contributed by atoms with Crippen molar-refractivity contribution >= 4 is 11.9 Å². The topological polar surface area (TPSA) is 134 Å². The number of nitrogens with zero attached hydrogens (tertiary/aromatic N) is 3. The lowest BCUT2D eigenvalue weighted by Crippen LogP contribution is -2.28. The number of nitrogens with two attached hydrogens (primary N) is 1. The molecule has 0 aromatic carbocycles. The van der Waals surface area contributed by atoms with Crippen molar-refractivity contribution in [3.63, 3.8) is 0 Å². The average molecular weight is 292 g/mol. The predicted octanol–water partition coefficient (Wildman–Crippen LogP) is -0.607. The van der Waals surface area contributed by atoms with Crippen molar-refractivity contribution in [2.75, 3.05) is 12.3 Å². The number of hydrogen-bond donors (Lipinski definition) is 3. The standard InChI is InChI=1S/C13H16N4O4/c14-4-2-1-3-8-6-17(13(20)16-12(8)15)11-5-9(19)10(7-18)21-11/h1,3,6,9-11,18-19H,2,5,7H2,(H2,15,16,20)/t9-,10+,11+/m0/s1. The van der Waals surface area contributed by atoms with Crippen molar-refractivity contribution < 1.29 is 14.9 Å². The zero-order valence-electron chi connectivity index (χ0n) is 11.2. The Morgan fingerprint density at radius 3 is 3.05 bits per heavy atom. The van der Waals surface area contributed by atoms with Crippen LogP contribution in [0.3, 0.4) is 0 Å². The van der Waals surface area contributed by atoms with Gasteiger partial charge < -0.3 is 20.7 Å². The van der Waals surface area contributed by atoms with Gasteiger partial charge in [-0.2, -0.15) is 10.2 Å². The molecule has 0 bridgehead atoms. The number of aliphatic hydroxyl groups excluding tert-OH is 2.